The summed E-state index contributed by atoms with van der Waals surface area (Å²) in [6.45, 7) is 2.63. The molecule has 1 aromatic carbocycles. The lowest BCUT2D eigenvalue weighted by atomic mass is 9.90. The molecular weight excluding hydrogens is 380 g/mol. The quantitative estimate of drug-likeness (QED) is 0.802. The van der Waals surface area contributed by atoms with E-state index in [0.29, 0.717) is 19.0 Å². The highest BCUT2D eigenvalue weighted by atomic mass is 35.5. The number of aliphatic imine (C=N–C) groups is 1. The molecule has 0 bridgehead atoms. The number of hydrogen-bond acceptors (Lipinski definition) is 5. The zero-order valence-corrected chi connectivity index (χ0v) is 15.6. The molecule has 1 aliphatic rings. The molecule has 0 radical (unpaired) electrons. The van der Waals surface area contributed by atoms with Gasteiger partial charge in [-0.2, -0.15) is 0 Å². The van der Waals surface area contributed by atoms with Crippen molar-refractivity contribution in [2.24, 2.45) is 10.7 Å². The molecule has 1 atom stereocenters. The van der Waals surface area contributed by atoms with Crippen molar-refractivity contribution in [2.75, 3.05) is 13.2 Å². The summed E-state index contributed by atoms with van der Waals surface area (Å²) in [5.74, 6) is -0.708. The van der Waals surface area contributed by atoms with Gasteiger partial charge in [0.25, 0.3) is 0 Å². The topological polar surface area (TPSA) is 77.6 Å². The van der Waals surface area contributed by atoms with Crippen LogP contribution in [-0.2, 0) is 16.7 Å². The molecule has 5 nitrogen and oxygen atoms in total. The van der Waals surface area contributed by atoms with Crippen LogP contribution in [0.4, 0.5) is 4.39 Å². The van der Waals surface area contributed by atoms with Crippen molar-refractivity contribution >= 4 is 35.6 Å². The Bertz CT molecular complexity index is 860. The van der Waals surface area contributed by atoms with Crippen LogP contribution < -0.4 is 5.73 Å². The summed E-state index contributed by atoms with van der Waals surface area (Å²) < 4.78 is 19.3. The zero-order valence-electron chi connectivity index (χ0n) is 14.0. The average molecular weight is 398 g/mol. The van der Waals surface area contributed by atoms with Gasteiger partial charge in [-0.25, -0.2) is 9.37 Å². The minimum atomic E-state index is -0.723. The Morgan fingerprint density at radius 3 is 2.88 bits per heavy atom. The number of aromatic nitrogens is 1. The summed E-state index contributed by atoms with van der Waals surface area (Å²) in [5, 5.41) is 0.150. The summed E-state index contributed by atoms with van der Waals surface area (Å²) in [5.41, 5.74) is 6.57. The number of rotatable bonds is 4. The van der Waals surface area contributed by atoms with Crippen LogP contribution in [-0.4, -0.2) is 29.8 Å². The first kappa shape index (κ1) is 20.3. The summed E-state index contributed by atoms with van der Waals surface area (Å²) >= 11 is 5.67. The Hall–Kier alpha value is -2.02. The molecule has 0 aliphatic carbocycles. The summed E-state index contributed by atoms with van der Waals surface area (Å²) in [6.07, 6.45) is 1.28. The molecule has 2 heterocycles. The standard InChI is InChI=1S/C18H17ClFN3O2.ClH/c1-18(10-25-9-16(21)23-18)12-4-2-3-11(5-12)6-15(24)17-14(20)7-13(19)8-22-17;/h2-5,7-8H,6,9-10H2,1H3,(H2,21,23);1H. The van der Waals surface area contributed by atoms with Crippen LogP contribution in [0.3, 0.4) is 0 Å². The monoisotopic (exact) mass is 397 g/mol. The fourth-order valence-electron chi connectivity index (χ4n) is 2.79. The number of nitrogens with zero attached hydrogens (tertiary/aromatic N) is 2. The van der Waals surface area contributed by atoms with Gasteiger partial charge in [-0.3, -0.25) is 9.79 Å². The third-order valence-electron chi connectivity index (χ3n) is 4.01. The molecule has 0 saturated carbocycles. The number of carbonyl (C=O) groups excluding carboxylic acids is 1. The number of ether oxygens (including phenoxy) is 1. The van der Waals surface area contributed by atoms with Crippen LogP contribution in [0.1, 0.15) is 28.5 Å². The number of benzene rings is 1. The fourth-order valence-corrected chi connectivity index (χ4v) is 2.93. The molecule has 8 heteroatoms. The van der Waals surface area contributed by atoms with E-state index < -0.39 is 17.1 Å². The number of carbonyl (C=O) groups is 1. The van der Waals surface area contributed by atoms with Crippen molar-refractivity contribution in [2.45, 2.75) is 18.9 Å². The van der Waals surface area contributed by atoms with Crippen molar-refractivity contribution in [3.8, 4) is 0 Å². The number of hydrogen-bond donors (Lipinski definition) is 1. The number of ketones is 1. The van der Waals surface area contributed by atoms with E-state index in [4.69, 9.17) is 22.1 Å². The van der Waals surface area contributed by atoms with Crippen LogP contribution in [0.2, 0.25) is 5.02 Å². The molecular formula is C18H18Cl2FN3O2. The van der Waals surface area contributed by atoms with E-state index in [0.717, 1.165) is 17.2 Å². The number of amidine groups is 1. The highest BCUT2D eigenvalue weighted by Gasteiger charge is 2.30. The lowest BCUT2D eigenvalue weighted by Crippen LogP contribution is -2.37. The second-order valence-corrected chi connectivity index (χ2v) is 6.59. The molecule has 0 fully saturated rings. The lowest BCUT2D eigenvalue weighted by Gasteiger charge is -2.30. The zero-order chi connectivity index (χ0) is 18.0. The van der Waals surface area contributed by atoms with Gasteiger partial charge in [0.2, 0.25) is 0 Å². The van der Waals surface area contributed by atoms with E-state index >= 15 is 0 Å². The van der Waals surface area contributed by atoms with Crippen molar-refractivity contribution in [1.82, 2.24) is 4.98 Å². The SMILES string of the molecule is CC1(c2cccc(CC(=O)c3ncc(Cl)cc3F)c2)COCC(N)=N1.Cl. The molecule has 0 spiro atoms. The average Bonchev–Trinajstić information content (AvgIpc) is 2.54. The third-order valence-corrected chi connectivity index (χ3v) is 4.22. The second-order valence-electron chi connectivity index (χ2n) is 6.15. The maximum Gasteiger partial charge on any atom is 0.188 e. The van der Waals surface area contributed by atoms with Crippen LogP contribution >= 0.6 is 24.0 Å². The van der Waals surface area contributed by atoms with E-state index in [1.54, 1.807) is 6.07 Å². The van der Waals surface area contributed by atoms with Crippen molar-refractivity contribution < 1.29 is 13.9 Å². The van der Waals surface area contributed by atoms with Crippen LogP contribution in [0, 0.1) is 5.82 Å². The molecule has 2 aromatic rings. The van der Waals surface area contributed by atoms with E-state index in [1.807, 2.05) is 25.1 Å². The second kappa shape index (κ2) is 8.12. The van der Waals surface area contributed by atoms with Gasteiger partial charge in [-0.1, -0.05) is 35.9 Å². The van der Waals surface area contributed by atoms with Gasteiger partial charge in [-0.15, -0.1) is 12.4 Å². The number of nitrogens with two attached hydrogens (primary N) is 1. The molecule has 3 rings (SSSR count). The Balaban J connectivity index is 0.00000243. The minimum Gasteiger partial charge on any atom is -0.386 e. The minimum absolute atomic E-state index is 0. The molecule has 1 aliphatic heterocycles. The van der Waals surface area contributed by atoms with E-state index in [9.17, 15) is 9.18 Å². The van der Waals surface area contributed by atoms with Crippen molar-refractivity contribution in [1.29, 1.82) is 0 Å². The Labute approximate surface area is 161 Å². The first-order valence-electron chi connectivity index (χ1n) is 7.73. The summed E-state index contributed by atoms with van der Waals surface area (Å²) in [7, 11) is 0. The van der Waals surface area contributed by atoms with Crippen molar-refractivity contribution in [3.05, 3.63) is 64.2 Å². The van der Waals surface area contributed by atoms with E-state index in [1.165, 1.54) is 6.20 Å². The van der Waals surface area contributed by atoms with Gasteiger partial charge in [-0.05, 0) is 24.1 Å². The number of halogens is 3. The van der Waals surface area contributed by atoms with Gasteiger partial charge in [0.1, 0.15) is 23.7 Å². The summed E-state index contributed by atoms with van der Waals surface area (Å²) in [4.78, 5) is 20.6. The largest absolute Gasteiger partial charge is 0.386 e. The van der Waals surface area contributed by atoms with Gasteiger partial charge < -0.3 is 10.5 Å². The van der Waals surface area contributed by atoms with Gasteiger partial charge >= 0.3 is 0 Å². The van der Waals surface area contributed by atoms with Crippen LogP contribution in [0.15, 0.2) is 41.5 Å². The van der Waals surface area contributed by atoms with E-state index in [-0.39, 0.29) is 29.5 Å². The maximum atomic E-state index is 13.9. The Kier molecular flexibility index (Phi) is 6.34. The van der Waals surface area contributed by atoms with Crippen molar-refractivity contribution in [3.63, 3.8) is 0 Å². The normalized spacial score (nSPS) is 19.4. The number of Topliss-reactive ketones (excluding diaryl/α,β-unsaturated/α-hetero) is 1. The predicted octanol–water partition coefficient (Wildman–Crippen LogP) is 3.32. The fraction of sp³-hybridized carbons (Fsp3) is 0.278. The third kappa shape index (κ3) is 4.38. The first-order chi connectivity index (χ1) is 11.9. The molecule has 0 amide bonds. The number of pyridine rings is 1. The summed E-state index contributed by atoms with van der Waals surface area (Å²) in [6, 6.07) is 8.47. The van der Waals surface area contributed by atoms with Crippen LogP contribution in [0.5, 0.6) is 0 Å². The Morgan fingerprint density at radius 1 is 1.42 bits per heavy atom. The molecule has 0 saturated heterocycles. The Morgan fingerprint density at radius 2 is 2.19 bits per heavy atom. The molecule has 26 heavy (non-hydrogen) atoms. The van der Waals surface area contributed by atoms with Gasteiger partial charge in [0, 0.05) is 12.6 Å². The first-order valence-corrected chi connectivity index (χ1v) is 8.11. The van der Waals surface area contributed by atoms with Gasteiger partial charge in [0.15, 0.2) is 11.6 Å². The predicted molar refractivity (Wildman–Crippen MR) is 101 cm³/mol. The maximum absolute atomic E-state index is 13.9. The van der Waals surface area contributed by atoms with Gasteiger partial charge in [0.05, 0.1) is 11.6 Å². The molecule has 2 N–H and O–H groups in total. The highest BCUT2D eigenvalue weighted by Crippen LogP contribution is 2.29. The van der Waals surface area contributed by atoms with Crippen LogP contribution in [0.25, 0.3) is 0 Å². The molecule has 1 aromatic heterocycles. The lowest BCUT2D eigenvalue weighted by molar-refractivity contribution is 0.0983. The smallest absolute Gasteiger partial charge is 0.188 e. The van der Waals surface area contributed by atoms with E-state index in [2.05, 4.69) is 9.98 Å². The highest BCUT2D eigenvalue weighted by molar-refractivity contribution is 6.30. The molecule has 138 valence electrons. The molecule has 1 unspecified atom stereocenters.